The van der Waals surface area contributed by atoms with Crippen LogP contribution in [0.5, 0.6) is 0 Å². The molecule has 0 unspecified atom stereocenters. The molecule has 1 saturated carbocycles. The van der Waals surface area contributed by atoms with E-state index in [4.69, 9.17) is 0 Å². The lowest BCUT2D eigenvalue weighted by molar-refractivity contribution is 0.00223. The largest absolute Gasteiger partial charge is 0.388 e. The molecule has 4 heteroatoms. The fourth-order valence-electron chi connectivity index (χ4n) is 2.84. The Balaban J connectivity index is 1.90. The van der Waals surface area contributed by atoms with E-state index in [1.54, 1.807) is 6.33 Å². The van der Waals surface area contributed by atoms with E-state index in [2.05, 4.69) is 36.1 Å². The van der Waals surface area contributed by atoms with Crippen molar-refractivity contribution in [1.29, 1.82) is 0 Å². The summed E-state index contributed by atoms with van der Waals surface area (Å²) in [6.07, 6.45) is 6.87. The lowest BCUT2D eigenvalue weighted by Gasteiger charge is -2.36. The van der Waals surface area contributed by atoms with Crippen LogP contribution in [0.15, 0.2) is 12.4 Å². The minimum Gasteiger partial charge on any atom is -0.388 e. The molecule has 2 rings (SSSR count). The van der Waals surface area contributed by atoms with Gasteiger partial charge in [0.05, 0.1) is 5.60 Å². The van der Waals surface area contributed by atoms with Crippen molar-refractivity contribution < 1.29 is 5.11 Å². The van der Waals surface area contributed by atoms with Crippen molar-refractivity contribution >= 4 is 5.82 Å². The third kappa shape index (κ3) is 3.92. The maximum atomic E-state index is 10.6. The van der Waals surface area contributed by atoms with E-state index in [1.807, 2.05) is 6.07 Å². The van der Waals surface area contributed by atoms with Gasteiger partial charge in [-0.1, -0.05) is 27.2 Å². The van der Waals surface area contributed by atoms with E-state index in [1.165, 1.54) is 6.42 Å². The number of hydrogen-bond acceptors (Lipinski definition) is 4. The first-order valence-electron chi connectivity index (χ1n) is 7.80. The Morgan fingerprint density at radius 2 is 2.05 bits per heavy atom. The van der Waals surface area contributed by atoms with Gasteiger partial charge in [0.15, 0.2) is 0 Å². The zero-order valence-corrected chi connectivity index (χ0v) is 12.9. The van der Waals surface area contributed by atoms with Crippen LogP contribution in [0.2, 0.25) is 0 Å². The smallest absolute Gasteiger partial charge is 0.129 e. The van der Waals surface area contributed by atoms with Crippen LogP contribution < -0.4 is 5.32 Å². The van der Waals surface area contributed by atoms with Gasteiger partial charge in [0.2, 0.25) is 0 Å². The molecule has 0 radical (unpaired) electrons. The molecular formula is C16H27N3O. The normalized spacial score (nSPS) is 26.8. The number of rotatable bonds is 5. The zero-order valence-electron chi connectivity index (χ0n) is 12.9. The molecule has 1 aromatic heterocycles. The van der Waals surface area contributed by atoms with Crippen molar-refractivity contribution in [2.75, 3.05) is 11.9 Å². The maximum Gasteiger partial charge on any atom is 0.129 e. The van der Waals surface area contributed by atoms with Crippen molar-refractivity contribution in [2.24, 2.45) is 5.92 Å². The van der Waals surface area contributed by atoms with Crippen LogP contribution in [0.25, 0.3) is 0 Å². The molecule has 1 heterocycles. The summed E-state index contributed by atoms with van der Waals surface area (Å²) in [6, 6.07) is 1.98. The van der Waals surface area contributed by atoms with Crippen LogP contribution in [0.1, 0.15) is 64.5 Å². The van der Waals surface area contributed by atoms with Gasteiger partial charge in [-0.25, -0.2) is 9.97 Å². The highest BCUT2D eigenvalue weighted by Crippen LogP contribution is 2.33. The van der Waals surface area contributed by atoms with Crippen molar-refractivity contribution in [2.45, 2.75) is 64.4 Å². The van der Waals surface area contributed by atoms with Crippen LogP contribution in [0.3, 0.4) is 0 Å². The Morgan fingerprint density at radius 1 is 1.35 bits per heavy atom. The van der Waals surface area contributed by atoms with Crippen molar-refractivity contribution in [3.63, 3.8) is 0 Å². The molecule has 0 spiro atoms. The van der Waals surface area contributed by atoms with Crippen molar-refractivity contribution in [1.82, 2.24) is 9.97 Å². The average molecular weight is 277 g/mol. The topological polar surface area (TPSA) is 58.0 Å². The Bertz CT molecular complexity index is 425. The molecule has 1 aliphatic carbocycles. The highest BCUT2D eigenvalue weighted by Gasteiger charge is 2.32. The Morgan fingerprint density at radius 3 is 2.65 bits per heavy atom. The molecule has 1 aliphatic rings. The summed E-state index contributed by atoms with van der Waals surface area (Å²) in [5.74, 6) is 2.00. The molecule has 0 amide bonds. The zero-order chi connectivity index (χ0) is 14.6. The summed E-state index contributed by atoms with van der Waals surface area (Å²) in [5.41, 5.74) is 0.457. The monoisotopic (exact) mass is 277 g/mol. The predicted molar refractivity (Wildman–Crippen MR) is 81.8 cm³/mol. The first-order valence-corrected chi connectivity index (χ1v) is 7.80. The summed E-state index contributed by atoms with van der Waals surface area (Å²) in [6.45, 7) is 7.05. The highest BCUT2D eigenvalue weighted by molar-refractivity contribution is 5.36. The third-order valence-electron chi connectivity index (χ3n) is 4.49. The third-order valence-corrected chi connectivity index (χ3v) is 4.49. The van der Waals surface area contributed by atoms with E-state index in [-0.39, 0.29) is 0 Å². The van der Waals surface area contributed by atoms with Gasteiger partial charge in [0, 0.05) is 18.3 Å². The molecular weight excluding hydrogens is 250 g/mol. The minimum atomic E-state index is -0.575. The second-order valence-corrected chi connectivity index (χ2v) is 6.41. The molecule has 1 aromatic rings. The first kappa shape index (κ1) is 15.2. The van der Waals surface area contributed by atoms with Crippen LogP contribution >= 0.6 is 0 Å². The van der Waals surface area contributed by atoms with Gasteiger partial charge in [-0.15, -0.1) is 0 Å². The van der Waals surface area contributed by atoms with Gasteiger partial charge in [-0.3, -0.25) is 0 Å². The Kier molecular flexibility index (Phi) is 4.97. The SMILES string of the molecule is CCC1CCC(O)(CNc2cc(C(C)C)ncn2)CC1. The Labute approximate surface area is 122 Å². The second kappa shape index (κ2) is 6.53. The molecule has 112 valence electrons. The molecule has 0 aliphatic heterocycles. The lowest BCUT2D eigenvalue weighted by atomic mass is 9.78. The van der Waals surface area contributed by atoms with Crippen LogP contribution in [-0.4, -0.2) is 27.2 Å². The Hall–Kier alpha value is -1.16. The van der Waals surface area contributed by atoms with Crippen LogP contribution in [0.4, 0.5) is 5.82 Å². The quantitative estimate of drug-likeness (QED) is 0.866. The summed E-state index contributed by atoms with van der Waals surface area (Å²) >= 11 is 0. The van der Waals surface area contributed by atoms with Gasteiger partial charge in [0.1, 0.15) is 12.1 Å². The first-order chi connectivity index (χ1) is 9.52. The van der Waals surface area contributed by atoms with Crippen molar-refractivity contribution in [3.8, 4) is 0 Å². The van der Waals surface area contributed by atoms with E-state index in [9.17, 15) is 5.11 Å². The number of anilines is 1. The van der Waals surface area contributed by atoms with Crippen LogP contribution in [0, 0.1) is 5.92 Å². The molecule has 2 N–H and O–H groups in total. The number of nitrogens with zero attached hydrogens (tertiary/aromatic N) is 2. The molecule has 1 fully saturated rings. The highest BCUT2D eigenvalue weighted by atomic mass is 16.3. The number of hydrogen-bond donors (Lipinski definition) is 2. The summed E-state index contributed by atoms with van der Waals surface area (Å²) in [7, 11) is 0. The van der Waals surface area contributed by atoms with E-state index in [0.717, 1.165) is 43.1 Å². The molecule has 0 bridgehead atoms. The lowest BCUT2D eigenvalue weighted by Crippen LogP contribution is -2.40. The van der Waals surface area contributed by atoms with Crippen LogP contribution in [-0.2, 0) is 0 Å². The summed E-state index contributed by atoms with van der Waals surface area (Å²) < 4.78 is 0. The van der Waals surface area contributed by atoms with E-state index < -0.39 is 5.60 Å². The summed E-state index contributed by atoms with van der Waals surface area (Å²) in [4.78, 5) is 8.49. The van der Waals surface area contributed by atoms with E-state index >= 15 is 0 Å². The number of nitrogens with one attached hydrogen (secondary N) is 1. The average Bonchev–Trinajstić information content (AvgIpc) is 2.46. The predicted octanol–water partition coefficient (Wildman–Crippen LogP) is 3.34. The van der Waals surface area contributed by atoms with Gasteiger partial charge in [-0.05, 0) is 37.5 Å². The minimum absolute atomic E-state index is 0.390. The van der Waals surface area contributed by atoms with Gasteiger partial charge in [-0.2, -0.15) is 0 Å². The van der Waals surface area contributed by atoms with E-state index in [0.29, 0.717) is 12.5 Å². The second-order valence-electron chi connectivity index (χ2n) is 6.41. The fourth-order valence-corrected chi connectivity index (χ4v) is 2.84. The number of aromatic nitrogens is 2. The molecule has 0 atom stereocenters. The van der Waals surface area contributed by atoms with Gasteiger partial charge in [0.25, 0.3) is 0 Å². The van der Waals surface area contributed by atoms with Crippen molar-refractivity contribution in [3.05, 3.63) is 18.1 Å². The molecule has 20 heavy (non-hydrogen) atoms. The van der Waals surface area contributed by atoms with Gasteiger partial charge >= 0.3 is 0 Å². The standard InChI is InChI=1S/C16H27N3O/c1-4-13-5-7-16(20,8-6-13)10-17-15-9-14(12(2)3)18-11-19-15/h9,11-13,20H,4-8,10H2,1-3H3,(H,17,18,19). The maximum absolute atomic E-state index is 10.6. The summed E-state index contributed by atoms with van der Waals surface area (Å²) in [5, 5.41) is 13.9. The molecule has 0 saturated heterocycles. The fraction of sp³-hybridized carbons (Fsp3) is 0.750. The van der Waals surface area contributed by atoms with Gasteiger partial charge < -0.3 is 10.4 Å². The number of aliphatic hydroxyl groups is 1. The molecule has 4 nitrogen and oxygen atoms in total. The molecule has 0 aromatic carbocycles.